The number of likely N-dealkylation sites (tertiary alicyclic amines) is 1. The summed E-state index contributed by atoms with van der Waals surface area (Å²) in [5.74, 6) is -4.06. The van der Waals surface area contributed by atoms with Gasteiger partial charge in [0, 0.05) is 25.4 Å². The third-order valence-corrected chi connectivity index (χ3v) is 6.99. The second-order valence-corrected chi connectivity index (χ2v) is 9.81. The van der Waals surface area contributed by atoms with Gasteiger partial charge in [0.25, 0.3) is 11.8 Å². The fourth-order valence-corrected chi connectivity index (χ4v) is 5.12. The van der Waals surface area contributed by atoms with Crippen molar-refractivity contribution < 1.29 is 18.0 Å². The SMILES string of the molecule is CCc1cnc(NC[C@@H]2C(C)CC(F)(F)CN2C(=O)c2nc(C)sc2-c2ccc(F)cc2)nc1. The number of nitrogens with zero attached hydrogens (tertiary/aromatic N) is 4. The molecule has 34 heavy (non-hydrogen) atoms. The Morgan fingerprint density at radius 2 is 1.91 bits per heavy atom. The van der Waals surface area contributed by atoms with Gasteiger partial charge < -0.3 is 10.2 Å². The normalized spacial score (nSPS) is 19.8. The predicted molar refractivity (Wildman–Crippen MR) is 126 cm³/mol. The molecule has 1 amide bonds. The fraction of sp³-hybridized carbons (Fsp3) is 0.417. The lowest BCUT2D eigenvalue weighted by Gasteiger charge is -2.43. The first-order chi connectivity index (χ1) is 16.2. The summed E-state index contributed by atoms with van der Waals surface area (Å²) in [4.78, 5) is 28.3. The molecule has 0 spiro atoms. The van der Waals surface area contributed by atoms with E-state index < -0.39 is 36.2 Å². The number of rotatable bonds is 6. The number of aromatic nitrogens is 3. The molecule has 0 aliphatic carbocycles. The third-order valence-electron chi connectivity index (χ3n) is 5.97. The van der Waals surface area contributed by atoms with Crippen LogP contribution >= 0.6 is 11.3 Å². The van der Waals surface area contributed by atoms with Crippen LogP contribution in [0.3, 0.4) is 0 Å². The number of anilines is 1. The summed E-state index contributed by atoms with van der Waals surface area (Å²) in [6, 6.07) is 5.20. The number of nitrogens with one attached hydrogen (secondary N) is 1. The molecule has 1 N–H and O–H groups in total. The molecule has 1 aromatic carbocycles. The van der Waals surface area contributed by atoms with Crippen molar-refractivity contribution in [2.45, 2.75) is 45.6 Å². The lowest BCUT2D eigenvalue weighted by atomic mass is 9.88. The molecule has 1 unspecified atom stereocenters. The molecule has 10 heteroatoms. The number of halogens is 3. The number of aryl methyl sites for hydroxylation is 2. The van der Waals surface area contributed by atoms with Gasteiger partial charge in [-0.3, -0.25) is 4.79 Å². The number of hydrogen-bond acceptors (Lipinski definition) is 6. The predicted octanol–water partition coefficient (Wildman–Crippen LogP) is 5.21. The monoisotopic (exact) mass is 489 g/mol. The quantitative estimate of drug-likeness (QED) is 0.515. The number of thiazole rings is 1. The van der Waals surface area contributed by atoms with E-state index in [0.717, 1.165) is 12.0 Å². The molecule has 1 aliphatic heterocycles. The van der Waals surface area contributed by atoms with Crippen molar-refractivity contribution in [3.8, 4) is 10.4 Å². The molecular formula is C24H26F3N5OS. The van der Waals surface area contributed by atoms with E-state index in [2.05, 4.69) is 20.3 Å². The zero-order valence-electron chi connectivity index (χ0n) is 19.2. The molecule has 0 saturated carbocycles. The lowest BCUT2D eigenvalue weighted by Crippen LogP contribution is -2.57. The van der Waals surface area contributed by atoms with Crippen LogP contribution in [0.1, 0.15) is 41.3 Å². The molecular weight excluding hydrogens is 463 g/mol. The third kappa shape index (κ3) is 5.22. The summed E-state index contributed by atoms with van der Waals surface area (Å²) in [6.45, 7) is 4.99. The summed E-state index contributed by atoms with van der Waals surface area (Å²) < 4.78 is 42.6. The number of hydrogen-bond donors (Lipinski definition) is 1. The van der Waals surface area contributed by atoms with E-state index in [4.69, 9.17) is 0 Å². The van der Waals surface area contributed by atoms with Crippen LogP contribution in [0.2, 0.25) is 0 Å². The van der Waals surface area contributed by atoms with Gasteiger partial charge in [0.05, 0.1) is 22.5 Å². The maximum atomic E-state index is 14.6. The molecule has 3 heterocycles. The zero-order chi connectivity index (χ0) is 24.5. The van der Waals surface area contributed by atoms with Crippen LogP contribution in [-0.2, 0) is 6.42 Å². The van der Waals surface area contributed by atoms with Crippen LogP contribution in [0.5, 0.6) is 0 Å². The Hall–Kier alpha value is -3.01. The van der Waals surface area contributed by atoms with Gasteiger partial charge in [0.15, 0.2) is 0 Å². The van der Waals surface area contributed by atoms with E-state index in [1.54, 1.807) is 38.4 Å². The topological polar surface area (TPSA) is 71.0 Å². The summed E-state index contributed by atoms with van der Waals surface area (Å²) in [5.41, 5.74) is 1.71. The van der Waals surface area contributed by atoms with Gasteiger partial charge in [-0.25, -0.2) is 28.1 Å². The number of carbonyl (C=O) groups is 1. The van der Waals surface area contributed by atoms with Crippen LogP contribution in [0.25, 0.3) is 10.4 Å². The maximum Gasteiger partial charge on any atom is 0.274 e. The minimum atomic E-state index is -3.01. The Kier molecular flexibility index (Phi) is 6.88. The minimum absolute atomic E-state index is 0.104. The molecule has 0 bridgehead atoms. The molecule has 1 aliphatic rings. The highest BCUT2D eigenvalue weighted by Crippen LogP contribution is 2.37. The molecule has 3 aromatic rings. The molecule has 2 atom stereocenters. The number of piperidine rings is 1. The molecule has 0 radical (unpaired) electrons. The van der Waals surface area contributed by atoms with E-state index in [1.807, 2.05) is 6.92 Å². The Morgan fingerprint density at radius 3 is 2.56 bits per heavy atom. The smallest absolute Gasteiger partial charge is 0.274 e. The second-order valence-electron chi connectivity index (χ2n) is 8.60. The molecule has 180 valence electrons. The van der Waals surface area contributed by atoms with Gasteiger partial charge in [-0.05, 0) is 42.5 Å². The standard InChI is InChI=1S/C24H26F3N5OS/c1-4-16-10-28-23(29-11-16)30-12-19-14(2)9-24(26,27)13-32(19)22(33)20-21(34-15(3)31-20)17-5-7-18(25)8-6-17/h5-8,10-11,14,19H,4,9,12-13H2,1-3H3,(H,28,29,30)/t14?,19-/m1/s1. The van der Waals surface area contributed by atoms with Gasteiger partial charge in [0.2, 0.25) is 5.95 Å². The van der Waals surface area contributed by atoms with E-state index >= 15 is 0 Å². The largest absolute Gasteiger partial charge is 0.352 e. The number of alkyl halides is 2. The molecule has 6 nitrogen and oxygen atoms in total. The fourth-order valence-electron chi connectivity index (χ4n) is 4.21. The van der Waals surface area contributed by atoms with Crippen molar-refractivity contribution in [3.63, 3.8) is 0 Å². The highest BCUT2D eigenvalue weighted by atomic mass is 32.1. The van der Waals surface area contributed by atoms with E-state index in [1.165, 1.54) is 28.4 Å². The first kappa shape index (κ1) is 24.1. The minimum Gasteiger partial charge on any atom is -0.352 e. The van der Waals surface area contributed by atoms with E-state index in [0.29, 0.717) is 21.4 Å². The maximum absolute atomic E-state index is 14.6. The van der Waals surface area contributed by atoms with Gasteiger partial charge in [-0.2, -0.15) is 0 Å². The molecule has 1 saturated heterocycles. The van der Waals surface area contributed by atoms with Crippen LogP contribution in [-0.4, -0.2) is 50.8 Å². The van der Waals surface area contributed by atoms with Crippen LogP contribution in [0.4, 0.5) is 19.1 Å². The summed E-state index contributed by atoms with van der Waals surface area (Å²) >= 11 is 1.28. The van der Waals surface area contributed by atoms with Crippen molar-refractivity contribution in [3.05, 3.63) is 58.7 Å². The summed E-state index contributed by atoms with van der Waals surface area (Å²) in [7, 11) is 0. The average molecular weight is 490 g/mol. The van der Waals surface area contributed by atoms with Crippen molar-refractivity contribution >= 4 is 23.2 Å². The van der Waals surface area contributed by atoms with Crippen LogP contribution in [0, 0.1) is 18.7 Å². The number of carbonyl (C=O) groups excluding carboxylic acids is 1. The molecule has 1 fully saturated rings. The van der Waals surface area contributed by atoms with Crippen molar-refractivity contribution in [1.29, 1.82) is 0 Å². The van der Waals surface area contributed by atoms with Gasteiger partial charge in [0.1, 0.15) is 11.5 Å². The highest BCUT2D eigenvalue weighted by Gasteiger charge is 2.46. The van der Waals surface area contributed by atoms with Gasteiger partial charge in [-0.1, -0.05) is 26.0 Å². The van der Waals surface area contributed by atoms with Crippen molar-refractivity contribution in [2.75, 3.05) is 18.4 Å². The Morgan fingerprint density at radius 1 is 1.24 bits per heavy atom. The molecule has 4 rings (SSSR count). The Labute approximate surface area is 200 Å². The van der Waals surface area contributed by atoms with Crippen LogP contribution < -0.4 is 5.32 Å². The van der Waals surface area contributed by atoms with Crippen molar-refractivity contribution in [1.82, 2.24) is 19.9 Å². The number of amides is 1. The van der Waals surface area contributed by atoms with Gasteiger partial charge >= 0.3 is 0 Å². The average Bonchev–Trinajstić information content (AvgIpc) is 3.19. The zero-order valence-corrected chi connectivity index (χ0v) is 20.0. The second kappa shape index (κ2) is 9.69. The summed E-state index contributed by atoms with van der Waals surface area (Å²) in [5, 5.41) is 3.72. The first-order valence-electron chi connectivity index (χ1n) is 11.1. The Bertz CT molecular complexity index is 1150. The highest BCUT2D eigenvalue weighted by molar-refractivity contribution is 7.15. The first-order valence-corrected chi connectivity index (χ1v) is 12.0. The van der Waals surface area contributed by atoms with E-state index in [9.17, 15) is 18.0 Å². The molecule has 2 aromatic heterocycles. The van der Waals surface area contributed by atoms with Crippen molar-refractivity contribution in [2.24, 2.45) is 5.92 Å². The Balaban J connectivity index is 1.62. The number of benzene rings is 1. The van der Waals surface area contributed by atoms with Crippen LogP contribution in [0.15, 0.2) is 36.7 Å². The van der Waals surface area contributed by atoms with Gasteiger partial charge in [-0.15, -0.1) is 11.3 Å². The lowest BCUT2D eigenvalue weighted by molar-refractivity contribution is -0.0898. The summed E-state index contributed by atoms with van der Waals surface area (Å²) in [6.07, 6.45) is 3.91. The van der Waals surface area contributed by atoms with E-state index in [-0.39, 0.29) is 18.7 Å².